The first-order chi connectivity index (χ1) is 16.4. The Morgan fingerprint density at radius 3 is 2.59 bits per heavy atom. The van der Waals surface area contributed by atoms with Crippen LogP contribution in [-0.4, -0.2) is 42.0 Å². The van der Waals surface area contributed by atoms with Gasteiger partial charge in [-0.2, -0.15) is 0 Å². The SMILES string of the molecule is CC(=O)Nc1ccc(N2C[C@]34C=C[C@H](O3)[C@H](C(=O)N[C@@H](C)CCc3ccccc3)[C@H]4C2=O)cc1. The molecule has 2 bridgehead atoms. The van der Waals surface area contributed by atoms with Gasteiger partial charge < -0.3 is 20.3 Å². The standard InChI is InChI=1S/C27H29N3O4/c1-17(8-9-19-6-4-3-5-7-19)28-25(32)23-22-14-15-27(34-22)16-30(26(33)24(23)27)21-12-10-20(11-13-21)29-18(2)31/h3-7,10-15,17,22-24H,8-9,16H2,1-2H3,(H,28,32)(H,29,31)/t17-,22-,23-,24-,27-/m0/s1. The number of nitrogens with zero attached hydrogens (tertiary/aromatic N) is 1. The second-order valence-corrected chi connectivity index (χ2v) is 9.49. The number of nitrogens with one attached hydrogen (secondary N) is 2. The fourth-order valence-corrected chi connectivity index (χ4v) is 5.38. The molecule has 2 fully saturated rings. The van der Waals surface area contributed by atoms with Crippen LogP contribution in [0.25, 0.3) is 0 Å². The first kappa shape index (κ1) is 22.3. The van der Waals surface area contributed by atoms with Crippen LogP contribution in [0.4, 0.5) is 11.4 Å². The Morgan fingerprint density at radius 2 is 1.88 bits per heavy atom. The van der Waals surface area contributed by atoms with Crippen LogP contribution in [-0.2, 0) is 25.5 Å². The molecule has 34 heavy (non-hydrogen) atoms. The number of aryl methyl sites for hydroxylation is 1. The molecule has 2 N–H and O–H groups in total. The second kappa shape index (κ2) is 8.72. The Labute approximate surface area is 199 Å². The molecular weight excluding hydrogens is 430 g/mol. The quantitative estimate of drug-likeness (QED) is 0.623. The molecule has 3 heterocycles. The van der Waals surface area contributed by atoms with Gasteiger partial charge >= 0.3 is 0 Å². The Bertz CT molecular complexity index is 1130. The highest BCUT2D eigenvalue weighted by Crippen LogP contribution is 2.52. The summed E-state index contributed by atoms with van der Waals surface area (Å²) in [6.45, 7) is 3.82. The molecule has 3 aliphatic rings. The number of rotatable bonds is 7. The molecule has 7 nitrogen and oxygen atoms in total. The third-order valence-electron chi connectivity index (χ3n) is 7.00. The van der Waals surface area contributed by atoms with Gasteiger partial charge in [0.05, 0.1) is 24.5 Å². The van der Waals surface area contributed by atoms with Crippen LogP contribution in [0, 0.1) is 11.8 Å². The summed E-state index contributed by atoms with van der Waals surface area (Å²) in [5.74, 6) is -1.46. The summed E-state index contributed by atoms with van der Waals surface area (Å²) in [6.07, 6.45) is 5.20. The molecule has 3 amide bonds. The summed E-state index contributed by atoms with van der Waals surface area (Å²) in [7, 11) is 0. The molecule has 0 saturated carbocycles. The van der Waals surface area contributed by atoms with Gasteiger partial charge in [0.25, 0.3) is 0 Å². The molecule has 2 saturated heterocycles. The zero-order valence-corrected chi connectivity index (χ0v) is 19.4. The van der Waals surface area contributed by atoms with E-state index < -0.39 is 17.4 Å². The van der Waals surface area contributed by atoms with Gasteiger partial charge in [0, 0.05) is 24.3 Å². The third-order valence-corrected chi connectivity index (χ3v) is 7.00. The third kappa shape index (κ3) is 4.01. The summed E-state index contributed by atoms with van der Waals surface area (Å²) >= 11 is 0. The summed E-state index contributed by atoms with van der Waals surface area (Å²) in [5.41, 5.74) is 1.85. The zero-order chi connectivity index (χ0) is 23.9. The van der Waals surface area contributed by atoms with Crippen LogP contribution in [0.15, 0.2) is 66.7 Å². The molecule has 176 valence electrons. The van der Waals surface area contributed by atoms with E-state index in [0.717, 1.165) is 18.5 Å². The van der Waals surface area contributed by atoms with Crippen molar-refractivity contribution in [1.82, 2.24) is 5.32 Å². The Kier molecular flexibility index (Phi) is 5.73. The van der Waals surface area contributed by atoms with Crippen molar-refractivity contribution >= 4 is 29.1 Å². The van der Waals surface area contributed by atoms with Crippen molar-refractivity contribution in [2.45, 2.75) is 44.4 Å². The molecule has 5 atom stereocenters. The van der Waals surface area contributed by atoms with Gasteiger partial charge in [-0.1, -0.05) is 42.5 Å². The average molecular weight is 460 g/mol. The van der Waals surface area contributed by atoms with E-state index in [2.05, 4.69) is 22.8 Å². The molecule has 3 aliphatic heterocycles. The van der Waals surface area contributed by atoms with E-state index in [4.69, 9.17) is 4.74 Å². The molecule has 5 rings (SSSR count). The van der Waals surface area contributed by atoms with Crippen molar-refractivity contribution in [3.05, 3.63) is 72.3 Å². The maximum Gasteiger partial charge on any atom is 0.234 e. The van der Waals surface area contributed by atoms with Gasteiger partial charge in [-0.15, -0.1) is 0 Å². The summed E-state index contributed by atoms with van der Waals surface area (Å²) in [6, 6.07) is 17.3. The number of hydrogen-bond acceptors (Lipinski definition) is 4. The van der Waals surface area contributed by atoms with Crippen molar-refractivity contribution < 1.29 is 19.1 Å². The molecule has 0 radical (unpaired) electrons. The van der Waals surface area contributed by atoms with E-state index in [1.165, 1.54) is 12.5 Å². The first-order valence-electron chi connectivity index (χ1n) is 11.8. The van der Waals surface area contributed by atoms with E-state index in [1.807, 2.05) is 37.3 Å². The second-order valence-electron chi connectivity index (χ2n) is 9.49. The smallest absolute Gasteiger partial charge is 0.234 e. The van der Waals surface area contributed by atoms with Crippen LogP contribution < -0.4 is 15.5 Å². The fraction of sp³-hybridized carbons (Fsp3) is 0.370. The predicted octanol–water partition coefficient (Wildman–Crippen LogP) is 3.07. The first-order valence-corrected chi connectivity index (χ1v) is 11.8. The summed E-state index contributed by atoms with van der Waals surface area (Å²) in [4.78, 5) is 39.8. The van der Waals surface area contributed by atoms with Gasteiger partial charge in [0.1, 0.15) is 5.60 Å². The Hall–Kier alpha value is -3.45. The number of anilines is 2. The van der Waals surface area contributed by atoms with Crippen molar-refractivity contribution in [2.24, 2.45) is 11.8 Å². The molecule has 2 aromatic carbocycles. The molecule has 0 unspecified atom stereocenters. The van der Waals surface area contributed by atoms with Crippen LogP contribution >= 0.6 is 0 Å². The van der Waals surface area contributed by atoms with Crippen molar-refractivity contribution in [2.75, 3.05) is 16.8 Å². The normalized spacial score (nSPS) is 27.5. The molecule has 1 spiro atoms. The highest BCUT2D eigenvalue weighted by atomic mass is 16.5. The Balaban J connectivity index is 1.27. The highest BCUT2D eigenvalue weighted by Gasteiger charge is 2.67. The zero-order valence-electron chi connectivity index (χ0n) is 19.4. The average Bonchev–Trinajstić information content (AvgIpc) is 3.47. The maximum atomic E-state index is 13.5. The monoisotopic (exact) mass is 459 g/mol. The minimum absolute atomic E-state index is 0.0132. The van der Waals surface area contributed by atoms with Gasteiger partial charge in [0.2, 0.25) is 17.7 Å². The number of carbonyl (C=O) groups is 3. The van der Waals surface area contributed by atoms with E-state index in [0.29, 0.717) is 12.2 Å². The number of ether oxygens (including phenoxy) is 1. The van der Waals surface area contributed by atoms with Gasteiger partial charge in [0.15, 0.2) is 0 Å². The minimum Gasteiger partial charge on any atom is -0.360 e. The van der Waals surface area contributed by atoms with E-state index >= 15 is 0 Å². The summed E-state index contributed by atoms with van der Waals surface area (Å²) in [5, 5.41) is 5.85. The van der Waals surface area contributed by atoms with Crippen LogP contribution in [0.5, 0.6) is 0 Å². The fourth-order valence-electron chi connectivity index (χ4n) is 5.38. The van der Waals surface area contributed by atoms with E-state index in [-0.39, 0.29) is 29.9 Å². The summed E-state index contributed by atoms with van der Waals surface area (Å²) < 4.78 is 6.24. The molecule has 0 aliphatic carbocycles. The van der Waals surface area contributed by atoms with Crippen LogP contribution in [0.3, 0.4) is 0 Å². The number of carbonyl (C=O) groups excluding carboxylic acids is 3. The van der Waals surface area contributed by atoms with Crippen molar-refractivity contribution in [1.29, 1.82) is 0 Å². The highest BCUT2D eigenvalue weighted by molar-refractivity contribution is 6.03. The number of benzene rings is 2. The van der Waals surface area contributed by atoms with Crippen molar-refractivity contribution in [3.8, 4) is 0 Å². The number of amides is 3. The van der Waals surface area contributed by atoms with Crippen molar-refractivity contribution in [3.63, 3.8) is 0 Å². The molecular formula is C27H29N3O4. The van der Waals surface area contributed by atoms with E-state index in [9.17, 15) is 14.4 Å². The molecule has 0 aromatic heterocycles. The molecule has 7 heteroatoms. The van der Waals surface area contributed by atoms with Gasteiger partial charge in [-0.25, -0.2) is 0 Å². The predicted molar refractivity (Wildman–Crippen MR) is 129 cm³/mol. The minimum atomic E-state index is -0.770. The maximum absolute atomic E-state index is 13.5. The topological polar surface area (TPSA) is 87.7 Å². The molecule has 2 aromatic rings. The van der Waals surface area contributed by atoms with Gasteiger partial charge in [-0.3, -0.25) is 14.4 Å². The number of hydrogen-bond donors (Lipinski definition) is 2. The van der Waals surface area contributed by atoms with Gasteiger partial charge in [-0.05, 0) is 49.6 Å². The largest absolute Gasteiger partial charge is 0.360 e. The number of fused-ring (bicyclic) bond motifs is 1. The van der Waals surface area contributed by atoms with Crippen LogP contribution in [0.2, 0.25) is 0 Å². The lowest BCUT2D eigenvalue weighted by Gasteiger charge is -2.25. The van der Waals surface area contributed by atoms with E-state index in [1.54, 1.807) is 29.2 Å². The Morgan fingerprint density at radius 1 is 1.15 bits per heavy atom. The van der Waals surface area contributed by atoms with Crippen LogP contribution in [0.1, 0.15) is 25.8 Å². The lowest BCUT2D eigenvalue weighted by Crippen LogP contribution is -2.46. The lowest BCUT2D eigenvalue weighted by molar-refractivity contribution is -0.132. The lowest BCUT2D eigenvalue weighted by atomic mass is 9.76.